The Balaban J connectivity index is 1.67. The SMILES string of the molecule is OB(O)c1ccc(Oc2ccc(N3CCCC3)cc2)cc1. The minimum Gasteiger partial charge on any atom is -0.457 e. The molecule has 2 aromatic rings. The van der Waals surface area contributed by atoms with E-state index in [-0.39, 0.29) is 0 Å². The van der Waals surface area contributed by atoms with Crippen molar-refractivity contribution in [3.8, 4) is 11.5 Å². The molecule has 0 atom stereocenters. The standard InChI is InChI=1S/C16H18BNO3/c19-17(20)13-3-7-15(8-4-13)21-16-9-5-14(6-10-16)18-11-1-2-12-18/h3-10,19-20H,1-2,11-12H2. The Bertz CT molecular complexity index is 577. The molecule has 1 saturated heterocycles. The van der Waals surface area contributed by atoms with Gasteiger partial charge in [0.05, 0.1) is 0 Å². The van der Waals surface area contributed by atoms with E-state index in [1.165, 1.54) is 18.5 Å². The lowest BCUT2D eigenvalue weighted by Crippen LogP contribution is -2.29. The molecule has 0 bridgehead atoms. The Labute approximate surface area is 124 Å². The van der Waals surface area contributed by atoms with Crippen LogP contribution in [0.25, 0.3) is 0 Å². The fourth-order valence-electron chi connectivity index (χ4n) is 2.54. The molecule has 108 valence electrons. The monoisotopic (exact) mass is 283 g/mol. The molecule has 1 aliphatic heterocycles. The van der Waals surface area contributed by atoms with E-state index in [0.717, 1.165) is 18.8 Å². The van der Waals surface area contributed by atoms with Gasteiger partial charge < -0.3 is 19.7 Å². The molecule has 0 saturated carbocycles. The third-order valence-corrected chi connectivity index (χ3v) is 3.72. The Kier molecular flexibility index (Phi) is 4.13. The van der Waals surface area contributed by atoms with Gasteiger partial charge in [-0.3, -0.25) is 0 Å². The summed E-state index contributed by atoms with van der Waals surface area (Å²) in [7, 11) is -1.45. The quantitative estimate of drug-likeness (QED) is 0.839. The first-order valence-corrected chi connectivity index (χ1v) is 7.21. The summed E-state index contributed by atoms with van der Waals surface area (Å²) in [5.41, 5.74) is 1.69. The van der Waals surface area contributed by atoms with Crippen LogP contribution in [0.15, 0.2) is 48.5 Å². The van der Waals surface area contributed by atoms with Crippen molar-refractivity contribution in [1.82, 2.24) is 0 Å². The second-order valence-electron chi connectivity index (χ2n) is 5.23. The molecule has 0 aliphatic carbocycles. The molecule has 0 amide bonds. The molecule has 4 nitrogen and oxygen atoms in total. The van der Waals surface area contributed by atoms with Gasteiger partial charge in [-0.15, -0.1) is 0 Å². The summed E-state index contributed by atoms with van der Waals surface area (Å²) < 4.78 is 5.75. The van der Waals surface area contributed by atoms with Gasteiger partial charge in [0.15, 0.2) is 0 Å². The number of hydrogen-bond donors (Lipinski definition) is 2. The maximum atomic E-state index is 9.05. The maximum absolute atomic E-state index is 9.05. The first-order valence-electron chi connectivity index (χ1n) is 7.21. The fraction of sp³-hybridized carbons (Fsp3) is 0.250. The van der Waals surface area contributed by atoms with Crippen molar-refractivity contribution in [1.29, 1.82) is 0 Å². The predicted molar refractivity (Wildman–Crippen MR) is 84.2 cm³/mol. The zero-order valence-electron chi connectivity index (χ0n) is 11.8. The van der Waals surface area contributed by atoms with Gasteiger partial charge in [-0.1, -0.05) is 12.1 Å². The zero-order chi connectivity index (χ0) is 14.7. The predicted octanol–water partition coefficient (Wildman–Crippen LogP) is 1.76. The molecule has 5 heteroatoms. The molecule has 1 fully saturated rings. The Hall–Kier alpha value is -1.98. The van der Waals surface area contributed by atoms with E-state index < -0.39 is 7.12 Å². The normalized spacial score (nSPS) is 14.3. The molecule has 3 rings (SSSR count). The van der Waals surface area contributed by atoms with Gasteiger partial charge in [-0.25, -0.2) is 0 Å². The molecule has 21 heavy (non-hydrogen) atoms. The average molecular weight is 283 g/mol. The molecule has 1 heterocycles. The minimum atomic E-state index is -1.45. The lowest BCUT2D eigenvalue weighted by Gasteiger charge is -2.17. The van der Waals surface area contributed by atoms with Crippen molar-refractivity contribution >= 4 is 18.3 Å². The summed E-state index contributed by atoms with van der Waals surface area (Å²) in [6.07, 6.45) is 2.53. The Morgan fingerprint density at radius 1 is 0.810 bits per heavy atom. The first-order chi connectivity index (χ1) is 10.2. The molecule has 2 N–H and O–H groups in total. The highest BCUT2D eigenvalue weighted by Gasteiger charge is 2.12. The minimum absolute atomic E-state index is 0.451. The number of anilines is 1. The van der Waals surface area contributed by atoms with Crippen molar-refractivity contribution in [2.24, 2.45) is 0 Å². The Morgan fingerprint density at radius 3 is 1.86 bits per heavy atom. The van der Waals surface area contributed by atoms with Crippen molar-refractivity contribution in [2.75, 3.05) is 18.0 Å². The van der Waals surface area contributed by atoms with Gasteiger partial charge in [-0.05, 0) is 54.7 Å². The lowest BCUT2D eigenvalue weighted by molar-refractivity contribution is 0.425. The largest absolute Gasteiger partial charge is 0.488 e. The number of rotatable bonds is 4. The second kappa shape index (κ2) is 6.20. The zero-order valence-corrected chi connectivity index (χ0v) is 11.8. The van der Waals surface area contributed by atoms with E-state index in [2.05, 4.69) is 17.0 Å². The van der Waals surface area contributed by atoms with E-state index in [4.69, 9.17) is 14.8 Å². The molecule has 2 aromatic carbocycles. The van der Waals surface area contributed by atoms with Crippen LogP contribution in [-0.4, -0.2) is 30.3 Å². The maximum Gasteiger partial charge on any atom is 0.488 e. The third-order valence-electron chi connectivity index (χ3n) is 3.72. The summed E-state index contributed by atoms with van der Waals surface area (Å²) in [6, 6.07) is 14.8. The topological polar surface area (TPSA) is 52.9 Å². The van der Waals surface area contributed by atoms with Crippen LogP contribution >= 0.6 is 0 Å². The van der Waals surface area contributed by atoms with Crippen molar-refractivity contribution in [2.45, 2.75) is 12.8 Å². The van der Waals surface area contributed by atoms with Gasteiger partial charge in [0.2, 0.25) is 0 Å². The highest BCUT2D eigenvalue weighted by Crippen LogP contribution is 2.25. The second-order valence-corrected chi connectivity index (χ2v) is 5.23. The van der Waals surface area contributed by atoms with Crippen molar-refractivity contribution in [3.05, 3.63) is 48.5 Å². The van der Waals surface area contributed by atoms with E-state index in [1.54, 1.807) is 24.3 Å². The lowest BCUT2D eigenvalue weighted by atomic mass is 9.80. The molecular weight excluding hydrogens is 265 g/mol. The highest BCUT2D eigenvalue weighted by atomic mass is 16.5. The van der Waals surface area contributed by atoms with Crippen molar-refractivity contribution in [3.63, 3.8) is 0 Å². The number of nitrogens with zero attached hydrogens (tertiary/aromatic N) is 1. The van der Waals surface area contributed by atoms with E-state index >= 15 is 0 Å². The van der Waals surface area contributed by atoms with Crippen LogP contribution in [0.5, 0.6) is 11.5 Å². The van der Waals surface area contributed by atoms with Crippen LogP contribution in [0.4, 0.5) is 5.69 Å². The summed E-state index contributed by atoms with van der Waals surface area (Å²) in [6.45, 7) is 2.26. The summed E-state index contributed by atoms with van der Waals surface area (Å²) in [5.74, 6) is 1.45. The summed E-state index contributed by atoms with van der Waals surface area (Å²) in [4.78, 5) is 2.38. The number of hydrogen-bond acceptors (Lipinski definition) is 4. The van der Waals surface area contributed by atoms with Crippen LogP contribution in [0, 0.1) is 0 Å². The molecule has 0 aromatic heterocycles. The molecule has 1 aliphatic rings. The van der Waals surface area contributed by atoms with Gasteiger partial charge >= 0.3 is 7.12 Å². The van der Waals surface area contributed by atoms with Crippen LogP contribution in [0.2, 0.25) is 0 Å². The molecule has 0 radical (unpaired) electrons. The van der Waals surface area contributed by atoms with E-state index in [0.29, 0.717) is 11.2 Å². The van der Waals surface area contributed by atoms with Crippen LogP contribution in [0.3, 0.4) is 0 Å². The third kappa shape index (κ3) is 3.38. The highest BCUT2D eigenvalue weighted by molar-refractivity contribution is 6.58. The number of ether oxygens (including phenoxy) is 1. The van der Waals surface area contributed by atoms with Gasteiger partial charge in [0.1, 0.15) is 11.5 Å². The summed E-state index contributed by atoms with van der Waals surface area (Å²) in [5, 5.41) is 18.1. The smallest absolute Gasteiger partial charge is 0.457 e. The Morgan fingerprint density at radius 2 is 1.33 bits per heavy atom. The van der Waals surface area contributed by atoms with Gasteiger partial charge in [-0.2, -0.15) is 0 Å². The summed E-state index contributed by atoms with van der Waals surface area (Å²) >= 11 is 0. The molecular formula is C16H18BNO3. The number of benzene rings is 2. The van der Waals surface area contributed by atoms with Gasteiger partial charge in [0.25, 0.3) is 0 Å². The molecule has 0 spiro atoms. The van der Waals surface area contributed by atoms with Crippen LogP contribution < -0.4 is 15.1 Å². The average Bonchev–Trinajstić information content (AvgIpc) is 3.03. The first kappa shape index (κ1) is 14.0. The van der Waals surface area contributed by atoms with E-state index in [1.807, 2.05) is 12.1 Å². The van der Waals surface area contributed by atoms with Crippen molar-refractivity contribution < 1.29 is 14.8 Å². The van der Waals surface area contributed by atoms with E-state index in [9.17, 15) is 0 Å². The molecule has 0 unspecified atom stereocenters. The van der Waals surface area contributed by atoms with Crippen LogP contribution in [0.1, 0.15) is 12.8 Å². The van der Waals surface area contributed by atoms with Gasteiger partial charge in [0, 0.05) is 18.8 Å². The fourth-order valence-corrected chi connectivity index (χ4v) is 2.54. The van der Waals surface area contributed by atoms with Crippen LogP contribution in [-0.2, 0) is 0 Å².